The zero-order chi connectivity index (χ0) is 28.1. The van der Waals surface area contributed by atoms with Crippen LogP contribution >= 0.6 is 0 Å². The molecule has 2 saturated heterocycles. The SMILES string of the molecule is COCCCNC(=O)C1(C)COC(c2nc(-c3ccc(F)cc3)c(-c3ccnc(N4CCN(C)CC4)n3)[nH]2)OC1. The van der Waals surface area contributed by atoms with Crippen LogP contribution in [0.1, 0.15) is 25.5 Å². The number of carbonyl (C=O) groups is 1. The van der Waals surface area contributed by atoms with Gasteiger partial charge in [-0.05, 0) is 50.7 Å². The highest BCUT2D eigenvalue weighted by molar-refractivity contribution is 5.82. The van der Waals surface area contributed by atoms with E-state index >= 15 is 0 Å². The largest absolute Gasteiger partial charge is 0.385 e. The third-order valence-electron chi connectivity index (χ3n) is 7.21. The van der Waals surface area contributed by atoms with Gasteiger partial charge < -0.3 is 34.3 Å². The summed E-state index contributed by atoms with van der Waals surface area (Å²) in [4.78, 5) is 34.7. The number of benzene rings is 1. The molecule has 40 heavy (non-hydrogen) atoms. The van der Waals surface area contributed by atoms with Gasteiger partial charge in [0.05, 0.1) is 35.7 Å². The number of amides is 1. The molecule has 0 spiro atoms. The zero-order valence-corrected chi connectivity index (χ0v) is 23.2. The van der Waals surface area contributed by atoms with Crippen LogP contribution in [0, 0.1) is 11.2 Å². The molecule has 2 fully saturated rings. The van der Waals surface area contributed by atoms with Crippen molar-refractivity contribution in [3.8, 4) is 22.6 Å². The van der Waals surface area contributed by atoms with Crippen molar-refractivity contribution in [3.05, 3.63) is 48.2 Å². The van der Waals surface area contributed by atoms with Gasteiger partial charge in [0.2, 0.25) is 18.1 Å². The summed E-state index contributed by atoms with van der Waals surface area (Å²) in [6.07, 6.45) is 1.65. The summed E-state index contributed by atoms with van der Waals surface area (Å²) in [5.41, 5.74) is 1.78. The second kappa shape index (κ2) is 12.4. The van der Waals surface area contributed by atoms with E-state index in [-0.39, 0.29) is 24.9 Å². The molecule has 0 saturated carbocycles. The maximum atomic E-state index is 13.7. The van der Waals surface area contributed by atoms with Crippen molar-refractivity contribution < 1.29 is 23.4 Å². The van der Waals surface area contributed by atoms with Crippen LogP contribution < -0.4 is 10.2 Å². The number of aromatic nitrogens is 4. The van der Waals surface area contributed by atoms with Crippen molar-refractivity contribution in [1.82, 2.24) is 30.2 Å². The number of nitrogens with one attached hydrogen (secondary N) is 2. The minimum absolute atomic E-state index is 0.133. The van der Waals surface area contributed by atoms with Crippen molar-refractivity contribution in [2.24, 2.45) is 5.41 Å². The van der Waals surface area contributed by atoms with Crippen LogP contribution in [0.15, 0.2) is 36.5 Å². The topological polar surface area (TPSA) is 118 Å². The van der Waals surface area contributed by atoms with Gasteiger partial charge in [-0.3, -0.25) is 4.79 Å². The van der Waals surface area contributed by atoms with Gasteiger partial charge in [0, 0.05) is 58.2 Å². The highest BCUT2D eigenvalue weighted by Crippen LogP contribution is 2.35. The molecule has 0 aliphatic carbocycles. The molecular weight excluding hydrogens is 517 g/mol. The summed E-state index contributed by atoms with van der Waals surface area (Å²) < 4.78 is 30.8. The predicted octanol–water partition coefficient (Wildman–Crippen LogP) is 2.63. The van der Waals surface area contributed by atoms with Gasteiger partial charge in [0.15, 0.2) is 5.82 Å². The molecular formula is C28H36FN7O4. The van der Waals surface area contributed by atoms with Crippen molar-refractivity contribution in [2.45, 2.75) is 19.6 Å². The van der Waals surface area contributed by atoms with Gasteiger partial charge in [-0.15, -0.1) is 0 Å². The summed E-state index contributed by atoms with van der Waals surface area (Å²) >= 11 is 0. The molecule has 0 radical (unpaired) electrons. The zero-order valence-electron chi connectivity index (χ0n) is 23.2. The van der Waals surface area contributed by atoms with E-state index < -0.39 is 11.7 Å². The number of hydrogen-bond acceptors (Lipinski definition) is 9. The van der Waals surface area contributed by atoms with Gasteiger partial charge >= 0.3 is 0 Å². The molecule has 0 unspecified atom stereocenters. The van der Waals surface area contributed by atoms with Gasteiger partial charge in [0.25, 0.3) is 0 Å². The highest BCUT2D eigenvalue weighted by Gasteiger charge is 2.40. The van der Waals surface area contributed by atoms with Gasteiger partial charge in [-0.2, -0.15) is 0 Å². The van der Waals surface area contributed by atoms with E-state index in [1.807, 2.05) is 13.0 Å². The Balaban J connectivity index is 1.38. The lowest BCUT2D eigenvalue weighted by Gasteiger charge is -2.35. The Labute approximate surface area is 233 Å². The van der Waals surface area contributed by atoms with Crippen LogP contribution in [-0.2, 0) is 19.0 Å². The fourth-order valence-electron chi connectivity index (χ4n) is 4.68. The lowest BCUT2D eigenvalue weighted by Crippen LogP contribution is -2.48. The van der Waals surface area contributed by atoms with E-state index in [1.54, 1.807) is 25.4 Å². The molecule has 1 aromatic carbocycles. The van der Waals surface area contributed by atoms with Gasteiger partial charge in [-0.25, -0.2) is 19.3 Å². The Morgan fingerprint density at radius 3 is 2.58 bits per heavy atom. The number of methoxy groups -OCH3 is 1. The minimum atomic E-state index is -0.831. The first-order valence-electron chi connectivity index (χ1n) is 13.5. The van der Waals surface area contributed by atoms with Crippen LogP contribution in [-0.4, -0.2) is 97.4 Å². The molecule has 12 heteroatoms. The van der Waals surface area contributed by atoms with Crippen molar-refractivity contribution >= 4 is 11.9 Å². The van der Waals surface area contributed by atoms with Crippen molar-refractivity contribution in [2.75, 3.05) is 71.6 Å². The van der Waals surface area contributed by atoms with E-state index in [9.17, 15) is 9.18 Å². The number of anilines is 1. The number of hydrogen-bond donors (Lipinski definition) is 2. The Bertz CT molecular complexity index is 1290. The summed E-state index contributed by atoms with van der Waals surface area (Å²) in [5, 5.41) is 2.92. The maximum absolute atomic E-state index is 13.7. The number of ether oxygens (including phenoxy) is 3. The van der Waals surface area contributed by atoms with Crippen LogP contribution in [0.3, 0.4) is 0 Å². The fraction of sp³-hybridized carbons (Fsp3) is 0.500. The van der Waals surface area contributed by atoms with Crippen LogP contribution in [0.4, 0.5) is 10.3 Å². The molecule has 3 aromatic rings. The number of carbonyl (C=O) groups excluding carboxylic acids is 1. The molecule has 11 nitrogen and oxygen atoms in total. The van der Waals surface area contributed by atoms with Gasteiger partial charge in [-0.1, -0.05) is 0 Å². The average molecular weight is 554 g/mol. The number of nitrogens with zero attached hydrogens (tertiary/aromatic N) is 5. The normalized spacial score (nSPS) is 21.9. The molecule has 0 bridgehead atoms. The summed E-state index contributed by atoms with van der Waals surface area (Å²) in [5.74, 6) is 0.617. The third kappa shape index (κ3) is 6.30. The summed E-state index contributed by atoms with van der Waals surface area (Å²) in [6.45, 7) is 6.77. The predicted molar refractivity (Wildman–Crippen MR) is 147 cm³/mol. The lowest BCUT2D eigenvalue weighted by molar-refractivity contribution is -0.231. The molecule has 0 atom stereocenters. The lowest BCUT2D eigenvalue weighted by atomic mass is 9.91. The molecule has 4 heterocycles. The van der Waals surface area contributed by atoms with E-state index in [1.165, 1.54) is 12.1 Å². The van der Waals surface area contributed by atoms with E-state index in [0.29, 0.717) is 42.0 Å². The first-order valence-corrected chi connectivity index (χ1v) is 13.5. The highest BCUT2D eigenvalue weighted by atomic mass is 19.1. The number of rotatable bonds is 9. The Morgan fingerprint density at radius 1 is 1.15 bits per heavy atom. The number of piperazine rings is 1. The molecule has 2 aliphatic heterocycles. The number of aromatic amines is 1. The Morgan fingerprint density at radius 2 is 1.88 bits per heavy atom. The first kappa shape index (κ1) is 28.1. The van der Waals surface area contributed by atoms with Crippen LogP contribution in [0.25, 0.3) is 22.6 Å². The fourth-order valence-corrected chi connectivity index (χ4v) is 4.68. The maximum Gasteiger partial charge on any atom is 0.230 e. The summed E-state index contributed by atoms with van der Waals surface area (Å²) in [6, 6.07) is 7.96. The van der Waals surface area contributed by atoms with Crippen LogP contribution in [0.2, 0.25) is 0 Å². The monoisotopic (exact) mass is 553 g/mol. The molecule has 2 aliphatic rings. The van der Waals surface area contributed by atoms with Crippen molar-refractivity contribution in [1.29, 1.82) is 0 Å². The Hall–Kier alpha value is -3.45. The minimum Gasteiger partial charge on any atom is -0.385 e. The standard InChI is InChI=1S/C28H36FN7O4/c1-28(26(37)30-10-4-16-38-3)17-39-25(40-18-28)24-33-22(19-5-7-20(29)8-6-19)23(34-24)21-9-11-31-27(32-21)36-14-12-35(2)13-15-36/h5-9,11,25H,4,10,12-18H2,1-3H3,(H,30,37)(H,33,34). The second-order valence-electron chi connectivity index (χ2n) is 10.5. The van der Waals surface area contributed by atoms with E-state index in [0.717, 1.165) is 38.2 Å². The van der Waals surface area contributed by atoms with E-state index in [4.69, 9.17) is 24.2 Å². The quantitative estimate of drug-likeness (QED) is 0.386. The van der Waals surface area contributed by atoms with Crippen LogP contribution in [0.5, 0.6) is 0 Å². The molecule has 2 aromatic heterocycles. The second-order valence-corrected chi connectivity index (χ2v) is 10.5. The van der Waals surface area contributed by atoms with E-state index in [2.05, 4.69) is 32.1 Å². The smallest absolute Gasteiger partial charge is 0.230 e. The van der Waals surface area contributed by atoms with Gasteiger partial charge in [0.1, 0.15) is 5.82 Å². The third-order valence-corrected chi connectivity index (χ3v) is 7.21. The molecule has 2 N–H and O–H groups in total. The summed E-state index contributed by atoms with van der Waals surface area (Å²) in [7, 11) is 3.73. The molecule has 214 valence electrons. The number of halogens is 1. The Kier molecular flexibility index (Phi) is 8.69. The number of imidazole rings is 1. The van der Waals surface area contributed by atoms with Crippen molar-refractivity contribution in [3.63, 3.8) is 0 Å². The number of likely N-dealkylation sites (N-methyl/N-ethyl adjacent to an activating group) is 1. The first-order chi connectivity index (χ1) is 19.4. The average Bonchev–Trinajstić information content (AvgIpc) is 3.42. The number of H-pyrrole nitrogens is 1. The molecule has 5 rings (SSSR count). The molecule has 1 amide bonds.